The molecule has 2 aromatic carbocycles. The molecule has 0 bridgehead atoms. The summed E-state index contributed by atoms with van der Waals surface area (Å²) in [6.07, 6.45) is 0.736. The van der Waals surface area contributed by atoms with Gasteiger partial charge in [0, 0.05) is 28.1 Å². The van der Waals surface area contributed by atoms with Crippen molar-refractivity contribution in [2.24, 2.45) is 0 Å². The normalized spacial score (nSPS) is 11.0. The lowest BCUT2D eigenvalue weighted by molar-refractivity contribution is 0.874. The molecule has 4 rings (SSSR count). The van der Waals surface area contributed by atoms with Crippen molar-refractivity contribution < 1.29 is 0 Å². The summed E-state index contributed by atoms with van der Waals surface area (Å²) in [4.78, 5) is 19.6. The molecule has 0 radical (unpaired) electrons. The van der Waals surface area contributed by atoms with E-state index in [4.69, 9.17) is 0 Å². The lowest BCUT2D eigenvalue weighted by Gasteiger charge is -2.05. The van der Waals surface area contributed by atoms with Crippen LogP contribution in [0.5, 0.6) is 0 Å². The van der Waals surface area contributed by atoms with Crippen molar-refractivity contribution in [2.45, 2.75) is 29.7 Å². The number of fused-ring (bicyclic) bond motifs is 1. The predicted molar refractivity (Wildman–Crippen MR) is 111 cm³/mol. The van der Waals surface area contributed by atoms with E-state index in [-0.39, 0.29) is 5.56 Å². The van der Waals surface area contributed by atoms with E-state index >= 15 is 0 Å². The van der Waals surface area contributed by atoms with Crippen LogP contribution in [0, 0.1) is 0 Å². The van der Waals surface area contributed by atoms with Crippen LogP contribution < -0.4 is 10.9 Å². The van der Waals surface area contributed by atoms with Crippen LogP contribution in [0.3, 0.4) is 0 Å². The van der Waals surface area contributed by atoms with Gasteiger partial charge in [0.25, 0.3) is 5.56 Å². The lowest BCUT2D eigenvalue weighted by Crippen LogP contribution is -2.15. The van der Waals surface area contributed by atoms with Crippen LogP contribution in [0.1, 0.15) is 18.2 Å². The van der Waals surface area contributed by atoms with Gasteiger partial charge in [-0.25, -0.2) is 4.98 Å². The third-order valence-corrected chi connectivity index (χ3v) is 5.89. The minimum Gasteiger partial charge on any atom is -0.356 e. The summed E-state index contributed by atoms with van der Waals surface area (Å²) in [7, 11) is 0. The van der Waals surface area contributed by atoms with Gasteiger partial charge in [-0.15, -0.1) is 5.10 Å². The second kappa shape index (κ2) is 7.94. The van der Waals surface area contributed by atoms with Crippen LogP contribution in [0.15, 0.2) is 75.2 Å². The number of anilines is 1. The summed E-state index contributed by atoms with van der Waals surface area (Å²) in [6.45, 7) is 2.63. The Balaban J connectivity index is 1.43. The standard InChI is InChI=1S/C20H18N4OS2/c1-2-15-12-18(25)24-20(22-15)27-19(23-24)21-13-14-8-10-17(11-9-14)26-16-6-4-3-5-7-16/h3-12H,2,13H2,1H3,(H,21,23). The molecule has 0 fully saturated rings. The fourth-order valence-corrected chi connectivity index (χ4v) is 4.24. The van der Waals surface area contributed by atoms with Gasteiger partial charge < -0.3 is 5.32 Å². The Bertz CT molecular complexity index is 1100. The van der Waals surface area contributed by atoms with Crippen molar-refractivity contribution in [1.82, 2.24) is 14.6 Å². The third kappa shape index (κ3) is 4.20. The Kier molecular flexibility index (Phi) is 5.22. The smallest absolute Gasteiger partial charge is 0.275 e. The number of rotatable bonds is 6. The van der Waals surface area contributed by atoms with E-state index in [1.54, 1.807) is 17.8 Å². The summed E-state index contributed by atoms with van der Waals surface area (Å²) in [5, 5.41) is 8.30. The van der Waals surface area contributed by atoms with Gasteiger partial charge in [0.1, 0.15) is 0 Å². The summed E-state index contributed by atoms with van der Waals surface area (Å²) < 4.78 is 1.35. The molecular weight excluding hydrogens is 376 g/mol. The molecule has 0 saturated heterocycles. The second-order valence-corrected chi connectivity index (χ2v) is 8.06. The quantitative estimate of drug-likeness (QED) is 0.523. The number of hydrogen-bond donors (Lipinski definition) is 1. The molecule has 0 aliphatic heterocycles. The van der Waals surface area contributed by atoms with E-state index in [1.807, 2.05) is 25.1 Å². The van der Waals surface area contributed by atoms with Crippen molar-refractivity contribution in [3.63, 3.8) is 0 Å². The predicted octanol–water partition coefficient (Wildman–Crippen LogP) is 4.48. The maximum atomic E-state index is 12.1. The largest absolute Gasteiger partial charge is 0.356 e. The summed E-state index contributed by atoms with van der Waals surface area (Å²) in [5.41, 5.74) is 1.81. The number of nitrogens with zero attached hydrogens (tertiary/aromatic N) is 3. The van der Waals surface area contributed by atoms with Gasteiger partial charge in [0.2, 0.25) is 10.1 Å². The van der Waals surface area contributed by atoms with Crippen molar-refractivity contribution >= 4 is 33.2 Å². The highest BCUT2D eigenvalue weighted by Crippen LogP contribution is 2.27. The van der Waals surface area contributed by atoms with E-state index in [0.717, 1.165) is 17.7 Å². The summed E-state index contributed by atoms with van der Waals surface area (Å²) in [5.74, 6) is 0. The minimum absolute atomic E-state index is 0.136. The van der Waals surface area contributed by atoms with Crippen LogP contribution >= 0.6 is 23.1 Å². The molecular formula is C20H18N4OS2. The van der Waals surface area contributed by atoms with E-state index in [1.165, 1.54) is 25.6 Å². The molecule has 0 aliphatic rings. The molecule has 4 aromatic rings. The third-order valence-electron chi connectivity index (χ3n) is 4.01. The molecule has 1 N–H and O–H groups in total. The summed E-state index contributed by atoms with van der Waals surface area (Å²) in [6, 6.07) is 20.3. The highest BCUT2D eigenvalue weighted by molar-refractivity contribution is 7.99. The first-order chi connectivity index (χ1) is 13.2. The Hall–Kier alpha value is -2.64. The van der Waals surface area contributed by atoms with E-state index in [0.29, 0.717) is 16.6 Å². The monoisotopic (exact) mass is 394 g/mol. The van der Waals surface area contributed by atoms with Gasteiger partial charge in [0.05, 0.1) is 0 Å². The van der Waals surface area contributed by atoms with Gasteiger partial charge >= 0.3 is 0 Å². The van der Waals surface area contributed by atoms with E-state index in [2.05, 4.69) is 51.8 Å². The number of hydrogen-bond acceptors (Lipinski definition) is 6. The molecule has 27 heavy (non-hydrogen) atoms. The molecule has 0 amide bonds. The average Bonchev–Trinajstić information content (AvgIpc) is 3.12. The molecule has 2 heterocycles. The highest BCUT2D eigenvalue weighted by atomic mass is 32.2. The SMILES string of the molecule is CCc1cc(=O)n2nc(NCc3ccc(Sc4ccccc4)cc3)sc2n1. The Morgan fingerprint density at radius 2 is 1.81 bits per heavy atom. The zero-order valence-corrected chi connectivity index (χ0v) is 16.4. The highest BCUT2D eigenvalue weighted by Gasteiger charge is 2.08. The lowest BCUT2D eigenvalue weighted by atomic mass is 10.2. The van der Waals surface area contributed by atoms with Crippen molar-refractivity contribution in [3.05, 3.63) is 82.3 Å². The Morgan fingerprint density at radius 1 is 1.07 bits per heavy atom. The number of aromatic nitrogens is 3. The first-order valence-corrected chi connectivity index (χ1v) is 10.3. The first kappa shape index (κ1) is 17.8. The van der Waals surface area contributed by atoms with Crippen LogP contribution in [0.25, 0.3) is 4.96 Å². The van der Waals surface area contributed by atoms with Gasteiger partial charge in [-0.3, -0.25) is 4.79 Å². The fraction of sp³-hybridized carbons (Fsp3) is 0.150. The number of benzene rings is 2. The van der Waals surface area contributed by atoms with Gasteiger partial charge in [-0.05, 0) is 36.2 Å². The molecule has 2 aromatic heterocycles. The first-order valence-electron chi connectivity index (χ1n) is 8.67. The fourth-order valence-electron chi connectivity index (χ4n) is 2.59. The zero-order valence-electron chi connectivity index (χ0n) is 14.8. The van der Waals surface area contributed by atoms with Crippen molar-refractivity contribution in [3.8, 4) is 0 Å². The molecule has 7 heteroatoms. The van der Waals surface area contributed by atoms with Crippen molar-refractivity contribution in [2.75, 3.05) is 5.32 Å². The Labute approximate surface area is 165 Å². The molecule has 0 atom stereocenters. The second-order valence-electron chi connectivity index (χ2n) is 5.95. The maximum absolute atomic E-state index is 12.1. The zero-order chi connectivity index (χ0) is 18.6. The van der Waals surface area contributed by atoms with E-state index < -0.39 is 0 Å². The molecule has 0 saturated carbocycles. The molecule has 0 aliphatic carbocycles. The van der Waals surface area contributed by atoms with Gasteiger partial charge in [0.15, 0.2) is 0 Å². The van der Waals surface area contributed by atoms with Crippen molar-refractivity contribution in [1.29, 1.82) is 0 Å². The topological polar surface area (TPSA) is 59.3 Å². The molecule has 5 nitrogen and oxygen atoms in total. The minimum atomic E-state index is -0.136. The van der Waals surface area contributed by atoms with Gasteiger partial charge in [-0.1, -0.05) is 60.4 Å². The maximum Gasteiger partial charge on any atom is 0.275 e. The van der Waals surface area contributed by atoms with Crippen LogP contribution in [0.4, 0.5) is 5.13 Å². The summed E-state index contributed by atoms with van der Waals surface area (Å²) >= 11 is 3.13. The van der Waals surface area contributed by atoms with Crippen LogP contribution in [-0.4, -0.2) is 14.6 Å². The molecule has 0 spiro atoms. The Morgan fingerprint density at radius 3 is 2.56 bits per heavy atom. The average molecular weight is 395 g/mol. The molecule has 0 unspecified atom stereocenters. The number of aryl methyl sites for hydroxylation is 1. The number of nitrogens with one attached hydrogen (secondary N) is 1. The van der Waals surface area contributed by atoms with Gasteiger partial charge in [-0.2, -0.15) is 4.52 Å². The molecule has 136 valence electrons. The van der Waals surface area contributed by atoms with Crippen LogP contribution in [-0.2, 0) is 13.0 Å². The van der Waals surface area contributed by atoms with E-state index in [9.17, 15) is 4.79 Å². The van der Waals surface area contributed by atoms with Crippen LogP contribution in [0.2, 0.25) is 0 Å².